The standard InChI is InChI=1S/C3H7O3PS3/c1-7(4)5-2-8-10-9-3-6-7/h2-3H2,1H3. The molecule has 3 nitrogen and oxygen atoms in total. The van der Waals surface area contributed by atoms with Crippen LogP contribution >= 0.6 is 39.0 Å². The molecule has 1 heterocycles. The molecule has 1 fully saturated rings. The number of hydrogen-bond donors (Lipinski definition) is 0. The summed E-state index contributed by atoms with van der Waals surface area (Å²) < 4.78 is 21.0. The van der Waals surface area contributed by atoms with Crippen LogP contribution < -0.4 is 0 Å². The zero-order valence-corrected chi connectivity index (χ0v) is 8.65. The van der Waals surface area contributed by atoms with Crippen molar-refractivity contribution in [2.75, 3.05) is 18.5 Å². The van der Waals surface area contributed by atoms with Crippen LogP contribution in [0.25, 0.3) is 0 Å². The van der Waals surface area contributed by atoms with E-state index in [2.05, 4.69) is 0 Å². The van der Waals surface area contributed by atoms with Gasteiger partial charge in [0.05, 0.1) is 0 Å². The Kier molecular flexibility index (Phi) is 3.98. The van der Waals surface area contributed by atoms with Crippen LogP contribution in [-0.4, -0.2) is 18.5 Å². The minimum Gasteiger partial charge on any atom is -0.297 e. The summed E-state index contributed by atoms with van der Waals surface area (Å²) in [4.78, 5) is 0. The first kappa shape index (κ1) is 9.29. The molecule has 0 spiro atoms. The molecule has 0 bridgehead atoms. The molecule has 7 heteroatoms. The molecule has 0 unspecified atom stereocenters. The second-order valence-electron chi connectivity index (χ2n) is 1.57. The summed E-state index contributed by atoms with van der Waals surface area (Å²) >= 11 is 0. The third-order valence-electron chi connectivity index (χ3n) is 0.767. The van der Waals surface area contributed by atoms with Crippen LogP contribution in [-0.2, 0) is 13.6 Å². The molecule has 1 aliphatic heterocycles. The van der Waals surface area contributed by atoms with Crippen molar-refractivity contribution in [1.82, 2.24) is 0 Å². The fourth-order valence-electron chi connectivity index (χ4n) is 0.345. The lowest BCUT2D eigenvalue weighted by molar-refractivity contribution is 0.266. The highest BCUT2D eigenvalue weighted by Crippen LogP contribution is 2.51. The monoisotopic (exact) mass is 218 g/mol. The number of rotatable bonds is 0. The van der Waals surface area contributed by atoms with E-state index >= 15 is 0 Å². The summed E-state index contributed by atoms with van der Waals surface area (Å²) in [6.07, 6.45) is 0. The van der Waals surface area contributed by atoms with E-state index in [-0.39, 0.29) is 0 Å². The van der Waals surface area contributed by atoms with Crippen LogP contribution in [0.4, 0.5) is 0 Å². The van der Waals surface area contributed by atoms with Crippen molar-refractivity contribution in [3.05, 3.63) is 0 Å². The van der Waals surface area contributed by atoms with E-state index in [4.69, 9.17) is 9.05 Å². The van der Waals surface area contributed by atoms with Gasteiger partial charge in [-0.1, -0.05) is 21.6 Å². The molecular weight excluding hydrogens is 211 g/mol. The normalized spacial score (nSPS) is 26.9. The van der Waals surface area contributed by atoms with E-state index in [1.165, 1.54) is 28.3 Å². The van der Waals surface area contributed by atoms with Crippen molar-refractivity contribution in [1.29, 1.82) is 0 Å². The van der Waals surface area contributed by atoms with Crippen molar-refractivity contribution in [2.24, 2.45) is 0 Å². The van der Waals surface area contributed by atoms with Crippen molar-refractivity contribution in [3.63, 3.8) is 0 Å². The largest absolute Gasteiger partial charge is 0.329 e. The van der Waals surface area contributed by atoms with E-state index in [0.29, 0.717) is 11.9 Å². The Morgan fingerprint density at radius 2 is 1.80 bits per heavy atom. The fraction of sp³-hybridized carbons (Fsp3) is 1.00. The lowest BCUT2D eigenvalue weighted by Crippen LogP contribution is -1.94. The lowest BCUT2D eigenvalue weighted by atomic mass is 11.7. The van der Waals surface area contributed by atoms with E-state index in [1.54, 1.807) is 9.83 Å². The molecule has 1 saturated heterocycles. The molecule has 0 aromatic rings. The maximum Gasteiger partial charge on any atom is 0.329 e. The van der Waals surface area contributed by atoms with Gasteiger partial charge in [-0.05, 0) is 9.83 Å². The second kappa shape index (κ2) is 4.28. The van der Waals surface area contributed by atoms with Crippen molar-refractivity contribution in [2.45, 2.75) is 0 Å². The van der Waals surface area contributed by atoms with Gasteiger partial charge in [-0.2, -0.15) is 0 Å². The molecule has 0 saturated carbocycles. The van der Waals surface area contributed by atoms with E-state index < -0.39 is 7.60 Å². The summed E-state index contributed by atoms with van der Waals surface area (Å²) in [5, 5.41) is 0. The minimum atomic E-state index is -2.71. The lowest BCUT2D eigenvalue weighted by Gasteiger charge is -2.15. The SMILES string of the molecule is CP1(=O)OCSSSCO1. The molecule has 1 rings (SSSR count). The summed E-state index contributed by atoms with van der Waals surface area (Å²) in [5.41, 5.74) is 0. The third-order valence-corrected chi connectivity index (χ3v) is 5.82. The van der Waals surface area contributed by atoms with Crippen LogP contribution in [0, 0.1) is 0 Å². The van der Waals surface area contributed by atoms with Gasteiger partial charge in [0.25, 0.3) is 0 Å². The zero-order valence-electron chi connectivity index (χ0n) is 5.31. The Morgan fingerprint density at radius 1 is 1.30 bits per heavy atom. The van der Waals surface area contributed by atoms with Gasteiger partial charge in [-0.15, -0.1) is 0 Å². The fourth-order valence-corrected chi connectivity index (χ4v) is 4.98. The predicted octanol–water partition coefficient (Wildman–Crippen LogP) is 2.80. The van der Waals surface area contributed by atoms with Crippen LogP contribution in [0.5, 0.6) is 0 Å². The van der Waals surface area contributed by atoms with Crippen LogP contribution in [0.3, 0.4) is 0 Å². The van der Waals surface area contributed by atoms with Gasteiger partial charge < -0.3 is 0 Å². The van der Waals surface area contributed by atoms with Crippen molar-refractivity contribution >= 4 is 39.0 Å². The van der Waals surface area contributed by atoms with Gasteiger partial charge in [0.1, 0.15) is 11.9 Å². The van der Waals surface area contributed by atoms with Gasteiger partial charge >= 0.3 is 7.60 Å². The molecule has 0 aromatic carbocycles. The van der Waals surface area contributed by atoms with Crippen molar-refractivity contribution < 1.29 is 13.6 Å². The summed E-state index contributed by atoms with van der Waals surface area (Å²) in [6, 6.07) is 0. The number of hydrogen-bond acceptors (Lipinski definition) is 6. The highest BCUT2D eigenvalue weighted by Gasteiger charge is 2.18. The molecular formula is C3H7O3PS3. The van der Waals surface area contributed by atoms with Gasteiger partial charge in [0, 0.05) is 6.66 Å². The first-order valence-electron chi connectivity index (χ1n) is 2.48. The summed E-state index contributed by atoms with van der Waals surface area (Å²) in [7, 11) is 1.95. The van der Waals surface area contributed by atoms with E-state index in [9.17, 15) is 4.57 Å². The van der Waals surface area contributed by atoms with E-state index in [0.717, 1.165) is 0 Å². The first-order chi connectivity index (χ1) is 4.71. The maximum absolute atomic E-state index is 11.1. The Hall–Kier alpha value is 1.20. The molecule has 0 aromatic heterocycles. The van der Waals surface area contributed by atoms with Crippen LogP contribution in [0.2, 0.25) is 0 Å². The molecule has 0 aliphatic carbocycles. The Bertz CT molecular complexity index is 140. The maximum atomic E-state index is 11.1. The summed E-state index contributed by atoms with van der Waals surface area (Å²) in [6.45, 7) is 1.49. The van der Waals surface area contributed by atoms with E-state index in [1.807, 2.05) is 0 Å². The summed E-state index contributed by atoms with van der Waals surface area (Å²) in [5.74, 6) is 0.872. The van der Waals surface area contributed by atoms with Crippen LogP contribution in [0.1, 0.15) is 0 Å². The van der Waals surface area contributed by atoms with Gasteiger partial charge in [-0.3, -0.25) is 13.6 Å². The highest BCUT2D eigenvalue weighted by atomic mass is 33.5. The third kappa shape index (κ3) is 3.55. The first-order valence-corrected chi connectivity index (χ1v) is 8.29. The van der Waals surface area contributed by atoms with Gasteiger partial charge in [0.15, 0.2) is 0 Å². The smallest absolute Gasteiger partial charge is 0.297 e. The molecule has 0 atom stereocenters. The quantitative estimate of drug-likeness (QED) is 0.459. The second-order valence-corrected chi connectivity index (χ2v) is 7.75. The Labute approximate surface area is 71.3 Å². The molecule has 0 N–H and O–H groups in total. The minimum absolute atomic E-state index is 0.436. The predicted molar refractivity (Wildman–Crippen MR) is 48.2 cm³/mol. The molecule has 0 radical (unpaired) electrons. The average Bonchev–Trinajstić information content (AvgIpc) is 1.81. The molecule has 60 valence electrons. The molecule has 1 aliphatic rings. The molecule has 10 heavy (non-hydrogen) atoms. The topological polar surface area (TPSA) is 35.5 Å². The van der Waals surface area contributed by atoms with Crippen LogP contribution in [0.15, 0.2) is 0 Å². The highest BCUT2D eigenvalue weighted by molar-refractivity contribution is 9.09. The van der Waals surface area contributed by atoms with Crippen molar-refractivity contribution in [3.8, 4) is 0 Å². The Morgan fingerprint density at radius 3 is 2.30 bits per heavy atom. The zero-order chi connectivity index (χ0) is 7.45. The molecule has 0 amide bonds. The Balaban J connectivity index is 2.38. The average molecular weight is 218 g/mol. The van der Waals surface area contributed by atoms with Gasteiger partial charge in [0.2, 0.25) is 0 Å². The van der Waals surface area contributed by atoms with Gasteiger partial charge in [-0.25, -0.2) is 0 Å².